The van der Waals surface area contributed by atoms with E-state index in [1.54, 1.807) is 6.07 Å². The Hall–Kier alpha value is -1.58. The van der Waals surface area contributed by atoms with E-state index in [0.29, 0.717) is 0 Å². The molecule has 4 heteroatoms. The van der Waals surface area contributed by atoms with Crippen LogP contribution in [0.3, 0.4) is 0 Å². The molecular weight excluding hydrogens is 458 g/mol. The summed E-state index contributed by atoms with van der Waals surface area (Å²) >= 11 is 0. The summed E-state index contributed by atoms with van der Waals surface area (Å²) in [5.41, 5.74) is 0.760. The normalized spacial score (nSPS) is 11.3. The number of nitro benzene ring substituents is 1. The Morgan fingerprint density at radius 3 is 1.22 bits per heavy atom. The van der Waals surface area contributed by atoms with Gasteiger partial charge in [0.25, 0.3) is 0 Å². The molecule has 0 bridgehead atoms. The number of unbranched alkanes of at least 4 members (excludes halogenated alkanes) is 24. The number of phenols is 1. The molecular formula is C33H59NO3. The van der Waals surface area contributed by atoms with Gasteiger partial charge in [-0.1, -0.05) is 167 Å². The van der Waals surface area contributed by atoms with Gasteiger partial charge in [0, 0.05) is 6.07 Å². The fourth-order valence-corrected chi connectivity index (χ4v) is 5.34. The standard InChI is InChI=1S/C33H59NO3/c1-2-3-4-5-6-7-8-9-10-11-12-13-14-15-16-17-18-19-20-21-22-23-24-25-26-27-31-28-29-33(35)32(30-31)34(36)37/h28-30,35H,2-27H2,1H3. The Morgan fingerprint density at radius 1 is 0.568 bits per heavy atom. The fourth-order valence-electron chi connectivity index (χ4n) is 5.34. The van der Waals surface area contributed by atoms with Crippen LogP contribution < -0.4 is 0 Å². The van der Waals surface area contributed by atoms with E-state index in [-0.39, 0.29) is 11.4 Å². The molecule has 0 aliphatic heterocycles. The Balaban J connectivity index is 1.74. The largest absolute Gasteiger partial charge is 0.502 e. The maximum absolute atomic E-state index is 10.9. The van der Waals surface area contributed by atoms with Crippen molar-refractivity contribution < 1.29 is 10.0 Å². The third kappa shape index (κ3) is 20.1. The van der Waals surface area contributed by atoms with Crippen LogP contribution in [0, 0.1) is 10.1 Å². The second-order valence-corrected chi connectivity index (χ2v) is 11.3. The zero-order valence-corrected chi connectivity index (χ0v) is 24.3. The van der Waals surface area contributed by atoms with Crippen LogP contribution in [0.4, 0.5) is 5.69 Å². The van der Waals surface area contributed by atoms with Crippen molar-refractivity contribution >= 4 is 5.69 Å². The predicted molar refractivity (Wildman–Crippen MR) is 160 cm³/mol. The highest BCUT2D eigenvalue weighted by Crippen LogP contribution is 2.27. The van der Waals surface area contributed by atoms with Gasteiger partial charge in [-0.2, -0.15) is 0 Å². The molecule has 0 spiro atoms. The summed E-state index contributed by atoms with van der Waals surface area (Å²) < 4.78 is 0. The minimum Gasteiger partial charge on any atom is -0.502 e. The third-order valence-corrected chi connectivity index (χ3v) is 7.81. The topological polar surface area (TPSA) is 63.4 Å². The molecule has 214 valence electrons. The Kier molecular flexibility index (Phi) is 22.4. The number of benzene rings is 1. The average Bonchev–Trinajstić information content (AvgIpc) is 2.89. The molecule has 4 nitrogen and oxygen atoms in total. The summed E-state index contributed by atoms with van der Waals surface area (Å²) in [5.74, 6) is -0.247. The molecule has 0 heterocycles. The highest BCUT2D eigenvalue weighted by molar-refractivity contribution is 5.47. The molecule has 0 atom stereocenters. The summed E-state index contributed by atoms with van der Waals surface area (Å²) in [6, 6.07) is 4.74. The van der Waals surface area contributed by atoms with E-state index in [4.69, 9.17) is 0 Å². The lowest BCUT2D eigenvalue weighted by molar-refractivity contribution is -0.385. The maximum Gasteiger partial charge on any atom is 0.310 e. The monoisotopic (exact) mass is 517 g/mol. The van der Waals surface area contributed by atoms with Gasteiger partial charge in [0.15, 0.2) is 5.75 Å². The number of aromatic hydroxyl groups is 1. The summed E-state index contributed by atoms with van der Waals surface area (Å²) in [6.45, 7) is 2.29. The SMILES string of the molecule is CCCCCCCCCCCCCCCCCCCCCCCCCCCc1ccc(O)c([N+](=O)[O-])c1. The first-order chi connectivity index (χ1) is 18.1. The number of nitrogens with zero attached hydrogens (tertiary/aromatic N) is 1. The molecule has 0 fully saturated rings. The number of hydrogen-bond donors (Lipinski definition) is 1. The summed E-state index contributed by atoms with van der Waals surface area (Å²) in [6.07, 6.45) is 35.6. The Morgan fingerprint density at radius 2 is 0.892 bits per heavy atom. The smallest absolute Gasteiger partial charge is 0.310 e. The number of aryl methyl sites for hydroxylation is 1. The number of hydrogen-bond acceptors (Lipinski definition) is 3. The van der Waals surface area contributed by atoms with Gasteiger partial charge in [-0.3, -0.25) is 10.1 Å². The lowest BCUT2D eigenvalue weighted by atomic mass is 10.0. The van der Waals surface area contributed by atoms with E-state index in [2.05, 4.69) is 6.92 Å². The molecule has 0 radical (unpaired) electrons. The van der Waals surface area contributed by atoms with E-state index in [1.165, 1.54) is 166 Å². The van der Waals surface area contributed by atoms with Crippen molar-refractivity contribution in [2.45, 2.75) is 174 Å². The molecule has 1 aromatic rings. The highest BCUT2D eigenvalue weighted by atomic mass is 16.6. The molecule has 0 saturated carbocycles. The highest BCUT2D eigenvalue weighted by Gasteiger charge is 2.13. The molecule has 0 saturated heterocycles. The van der Waals surface area contributed by atoms with Gasteiger partial charge in [0.05, 0.1) is 4.92 Å². The van der Waals surface area contributed by atoms with Crippen LogP contribution in [0.5, 0.6) is 5.75 Å². The Bertz CT molecular complexity index is 661. The average molecular weight is 518 g/mol. The van der Waals surface area contributed by atoms with Gasteiger partial charge in [-0.05, 0) is 24.5 Å². The first kappa shape index (κ1) is 33.4. The van der Waals surface area contributed by atoms with Crippen molar-refractivity contribution in [2.75, 3.05) is 0 Å². The lowest BCUT2D eigenvalue weighted by Gasteiger charge is -2.05. The van der Waals surface area contributed by atoms with Gasteiger partial charge < -0.3 is 5.11 Å². The van der Waals surface area contributed by atoms with Crippen molar-refractivity contribution in [2.24, 2.45) is 0 Å². The zero-order valence-electron chi connectivity index (χ0n) is 24.3. The molecule has 0 amide bonds. The van der Waals surface area contributed by atoms with Crippen LogP contribution in [0.2, 0.25) is 0 Å². The first-order valence-electron chi connectivity index (χ1n) is 16.1. The molecule has 1 aromatic carbocycles. The molecule has 1 rings (SSSR count). The predicted octanol–water partition coefficient (Wildman–Crippen LogP) is 11.6. The van der Waals surface area contributed by atoms with Crippen molar-refractivity contribution in [3.05, 3.63) is 33.9 Å². The van der Waals surface area contributed by atoms with Gasteiger partial charge in [0.2, 0.25) is 0 Å². The van der Waals surface area contributed by atoms with Gasteiger partial charge in [-0.25, -0.2) is 0 Å². The minimum atomic E-state index is -0.515. The van der Waals surface area contributed by atoms with Gasteiger partial charge in [-0.15, -0.1) is 0 Å². The van der Waals surface area contributed by atoms with E-state index in [1.807, 2.05) is 0 Å². The Labute approximate surface area is 229 Å². The van der Waals surface area contributed by atoms with Crippen molar-refractivity contribution in [1.82, 2.24) is 0 Å². The van der Waals surface area contributed by atoms with Crippen LogP contribution in [0.1, 0.15) is 173 Å². The van der Waals surface area contributed by atoms with Crippen LogP contribution in [0.15, 0.2) is 18.2 Å². The zero-order chi connectivity index (χ0) is 26.8. The first-order valence-corrected chi connectivity index (χ1v) is 16.1. The van der Waals surface area contributed by atoms with E-state index in [9.17, 15) is 15.2 Å². The van der Waals surface area contributed by atoms with Gasteiger partial charge >= 0.3 is 5.69 Å². The van der Waals surface area contributed by atoms with Crippen LogP contribution in [-0.4, -0.2) is 10.0 Å². The molecule has 37 heavy (non-hydrogen) atoms. The second kappa shape index (κ2) is 24.7. The maximum atomic E-state index is 10.9. The van der Waals surface area contributed by atoms with E-state index >= 15 is 0 Å². The van der Waals surface area contributed by atoms with E-state index in [0.717, 1.165) is 18.4 Å². The molecule has 1 N–H and O–H groups in total. The van der Waals surface area contributed by atoms with E-state index < -0.39 is 4.92 Å². The quantitative estimate of drug-likeness (QED) is 0.0716. The van der Waals surface area contributed by atoms with Gasteiger partial charge in [0.1, 0.15) is 0 Å². The van der Waals surface area contributed by atoms with Crippen LogP contribution >= 0.6 is 0 Å². The molecule has 0 unspecified atom stereocenters. The minimum absolute atomic E-state index is 0.183. The van der Waals surface area contributed by atoms with Crippen LogP contribution in [-0.2, 0) is 6.42 Å². The molecule has 0 aliphatic carbocycles. The second-order valence-electron chi connectivity index (χ2n) is 11.3. The van der Waals surface area contributed by atoms with Crippen molar-refractivity contribution in [3.8, 4) is 5.75 Å². The van der Waals surface area contributed by atoms with Crippen LogP contribution in [0.25, 0.3) is 0 Å². The summed E-state index contributed by atoms with van der Waals surface area (Å²) in [4.78, 5) is 10.4. The summed E-state index contributed by atoms with van der Waals surface area (Å²) in [5, 5.41) is 20.4. The number of rotatable bonds is 27. The lowest BCUT2D eigenvalue weighted by Crippen LogP contribution is -1.92. The number of phenolic OH excluding ortho intramolecular Hbond substituents is 1. The summed E-state index contributed by atoms with van der Waals surface area (Å²) in [7, 11) is 0. The third-order valence-electron chi connectivity index (χ3n) is 7.81. The molecule has 0 aromatic heterocycles. The van der Waals surface area contributed by atoms with Crippen molar-refractivity contribution in [3.63, 3.8) is 0 Å². The number of nitro groups is 1. The fraction of sp³-hybridized carbons (Fsp3) is 0.818. The van der Waals surface area contributed by atoms with Crippen molar-refractivity contribution in [1.29, 1.82) is 0 Å². The molecule has 0 aliphatic rings.